The maximum atomic E-state index is 12.7. The van der Waals surface area contributed by atoms with E-state index < -0.39 is 21.4 Å². The molecule has 7 nitrogen and oxygen atoms in total. The Hall–Kier alpha value is -3.04. The van der Waals surface area contributed by atoms with Crippen LogP contribution in [0.2, 0.25) is 0 Å². The van der Waals surface area contributed by atoms with Gasteiger partial charge in [0.2, 0.25) is 5.78 Å². The van der Waals surface area contributed by atoms with Gasteiger partial charge in [0, 0.05) is 10.4 Å². The Kier molecular flexibility index (Phi) is 6.28. The molecule has 0 aliphatic carbocycles. The maximum absolute atomic E-state index is 12.7. The van der Waals surface area contributed by atoms with Crippen molar-refractivity contribution in [3.8, 4) is 5.75 Å². The number of sulfonamides is 1. The van der Waals surface area contributed by atoms with Crippen LogP contribution in [0.25, 0.3) is 0 Å². The monoisotopic (exact) mass is 458 g/mol. The molecule has 0 bridgehead atoms. The number of benzene rings is 2. The van der Waals surface area contributed by atoms with Crippen LogP contribution >= 0.6 is 11.3 Å². The van der Waals surface area contributed by atoms with E-state index in [4.69, 9.17) is 4.74 Å². The van der Waals surface area contributed by atoms with Gasteiger partial charge in [-0.3, -0.25) is 14.3 Å². The lowest BCUT2D eigenvalue weighted by Crippen LogP contribution is -2.25. The second-order valence-electron chi connectivity index (χ2n) is 7.84. The number of anilines is 1. The summed E-state index contributed by atoms with van der Waals surface area (Å²) in [6.45, 7) is 6.89. The lowest BCUT2D eigenvalue weighted by molar-refractivity contribution is -0.143. The predicted molar refractivity (Wildman–Crippen MR) is 119 cm³/mol. The van der Waals surface area contributed by atoms with Gasteiger partial charge in [0.15, 0.2) is 5.13 Å². The minimum absolute atomic E-state index is 0.0214. The van der Waals surface area contributed by atoms with Crippen LogP contribution in [0, 0.1) is 12.3 Å². The third-order valence-corrected chi connectivity index (χ3v) is 6.60. The zero-order valence-electron chi connectivity index (χ0n) is 17.5. The first-order valence-electron chi connectivity index (χ1n) is 9.40. The molecule has 0 spiro atoms. The average Bonchev–Trinajstić information content (AvgIpc) is 3.07. The van der Waals surface area contributed by atoms with Crippen molar-refractivity contribution in [3.63, 3.8) is 0 Å². The number of aryl methyl sites for hydroxylation is 1. The number of ether oxygens (including phenoxy) is 1. The number of rotatable bonds is 6. The molecule has 9 heteroatoms. The van der Waals surface area contributed by atoms with Crippen molar-refractivity contribution in [1.82, 2.24) is 4.98 Å². The summed E-state index contributed by atoms with van der Waals surface area (Å²) in [6, 6.07) is 14.2. The van der Waals surface area contributed by atoms with Gasteiger partial charge in [-0.25, -0.2) is 13.4 Å². The molecule has 0 radical (unpaired) electrons. The molecular weight excluding hydrogens is 436 g/mol. The Balaban J connectivity index is 1.77. The van der Waals surface area contributed by atoms with Crippen LogP contribution in [-0.2, 0) is 14.8 Å². The summed E-state index contributed by atoms with van der Waals surface area (Å²) in [4.78, 5) is 29.4. The molecule has 3 aromatic rings. The zero-order chi connectivity index (χ0) is 22.8. The summed E-state index contributed by atoms with van der Waals surface area (Å²) in [5.74, 6) is -0.445. The Morgan fingerprint density at radius 1 is 1.00 bits per heavy atom. The Bertz CT molecular complexity index is 1210. The molecule has 1 aromatic heterocycles. The van der Waals surface area contributed by atoms with E-state index in [0.29, 0.717) is 10.4 Å². The van der Waals surface area contributed by atoms with Gasteiger partial charge >= 0.3 is 5.97 Å². The third kappa shape index (κ3) is 5.36. The summed E-state index contributed by atoms with van der Waals surface area (Å²) < 4.78 is 33.1. The normalized spacial score (nSPS) is 11.7. The number of nitrogens with one attached hydrogen (secondary N) is 1. The first kappa shape index (κ1) is 22.6. The highest BCUT2D eigenvalue weighted by Gasteiger charge is 2.24. The van der Waals surface area contributed by atoms with Gasteiger partial charge in [0.05, 0.1) is 10.3 Å². The van der Waals surface area contributed by atoms with Crippen LogP contribution in [0.5, 0.6) is 5.75 Å². The van der Waals surface area contributed by atoms with Crippen molar-refractivity contribution in [2.24, 2.45) is 5.41 Å². The molecule has 0 amide bonds. The molecule has 1 N–H and O–H groups in total. The fourth-order valence-electron chi connectivity index (χ4n) is 2.50. The second-order valence-corrected chi connectivity index (χ2v) is 10.7. The van der Waals surface area contributed by atoms with E-state index in [1.165, 1.54) is 24.3 Å². The van der Waals surface area contributed by atoms with E-state index in [-0.39, 0.29) is 27.3 Å². The largest absolute Gasteiger partial charge is 0.426 e. The van der Waals surface area contributed by atoms with Gasteiger partial charge < -0.3 is 4.74 Å². The molecule has 3 rings (SSSR count). The molecule has 0 aliphatic rings. The Morgan fingerprint density at radius 2 is 1.61 bits per heavy atom. The van der Waals surface area contributed by atoms with E-state index >= 15 is 0 Å². The van der Waals surface area contributed by atoms with Crippen LogP contribution in [0.3, 0.4) is 0 Å². The number of hydrogen-bond donors (Lipinski definition) is 1. The van der Waals surface area contributed by atoms with Gasteiger partial charge in [0.25, 0.3) is 10.0 Å². The van der Waals surface area contributed by atoms with Crippen molar-refractivity contribution in [2.75, 3.05) is 4.72 Å². The van der Waals surface area contributed by atoms with Crippen LogP contribution in [0.15, 0.2) is 59.5 Å². The summed E-state index contributed by atoms with van der Waals surface area (Å²) in [7, 11) is -3.93. The number of ketones is 1. The number of thiazole rings is 1. The quantitative estimate of drug-likeness (QED) is 0.333. The fourth-order valence-corrected chi connectivity index (χ4v) is 4.54. The highest BCUT2D eigenvalue weighted by atomic mass is 32.2. The fraction of sp³-hybridized carbons (Fsp3) is 0.227. The number of nitrogens with zero attached hydrogens (tertiary/aromatic N) is 1. The van der Waals surface area contributed by atoms with Crippen molar-refractivity contribution in [3.05, 3.63) is 70.7 Å². The van der Waals surface area contributed by atoms with Crippen LogP contribution < -0.4 is 9.46 Å². The maximum Gasteiger partial charge on any atom is 0.316 e. The zero-order valence-corrected chi connectivity index (χ0v) is 19.1. The van der Waals surface area contributed by atoms with Gasteiger partial charge in [-0.15, -0.1) is 11.3 Å². The van der Waals surface area contributed by atoms with E-state index in [0.717, 1.165) is 11.3 Å². The average molecular weight is 459 g/mol. The highest BCUT2D eigenvalue weighted by molar-refractivity contribution is 7.93. The summed E-state index contributed by atoms with van der Waals surface area (Å²) in [6.07, 6.45) is 0. The first-order valence-corrected chi connectivity index (χ1v) is 11.7. The summed E-state index contributed by atoms with van der Waals surface area (Å²) >= 11 is 1.08. The SMILES string of the molecule is Cc1sc(NS(=O)(=O)c2ccc(OC(=O)C(C)(C)C)cc2)nc1C(=O)c1ccccc1. The molecule has 0 fully saturated rings. The first-order chi connectivity index (χ1) is 14.5. The van der Waals surface area contributed by atoms with E-state index in [1.54, 1.807) is 58.0 Å². The summed E-state index contributed by atoms with van der Waals surface area (Å²) in [5, 5.41) is 0.0972. The standard InChI is InChI=1S/C22H22N2O5S2/c1-14-18(19(25)15-8-6-5-7-9-15)23-21(30-14)24-31(27,28)17-12-10-16(11-13-17)29-20(26)22(2,3)4/h5-13H,1-4H3,(H,23,24). The van der Waals surface area contributed by atoms with Crippen molar-refractivity contribution >= 4 is 38.2 Å². The number of aromatic nitrogens is 1. The molecule has 1 heterocycles. The van der Waals surface area contributed by atoms with Crippen molar-refractivity contribution < 1.29 is 22.7 Å². The van der Waals surface area contributed by atoms with Crippen LogP contribution in [-0.4, -0.2) is 25.2 Å². The van der Waals surface area contributed by atoms with Gasteiger partial charge in [-0.1, -0.05) is 30.3 Å². The Labute approximate surface area is 185 Å². The van der Waals surface area contributed by atoms with Gasteiger partial charge in [0.1, 0.15) is 11.4 Å². The van der Waals surface area contributed by atoms with Crippen molar-refractivity contribution in [2.45, 2.75) is 32.6 Å². The highest BCUT2D eigenvalue weighted by Crippen LogP contribution is 2.27. The number of carbonyl (C=O) groups is 2. The topological polar surface area (TPSA) is 102 Å². The lowest BCUT2D eigenvalue weighted by Gasteiger charge is -2.16. The molecule has 162 valence electrons. The molecule has 0 saturated carbocycles. The lowest BCUT2D eigenvalue weighted by atomic mass is 9.97. The number of hydrogen-bond acceptors (Lipinski definition) is 7. The molecule has 0 atom stereocenters. The van der Waals surface area contributed by atoms with E-state index in [2.05, 4.69) is 9.71 Å². The van der Waals surface area contributed by atoms with E-state index in [9.17, 15) is 18.0 Å². The molecular formula is C22H22N2O5S2. The molecule has 0 saturated heterocycles. The van der Waals surface area contributed by atoms with E-state index in [1.807, 2.05) is 0 Å². The van der Waals surface area contributed by atoms with Crippen LogP contribution in [0.1, 0.15) is 41.7 Å². The smallest absolute Gasteiger partial charge is 0.316 e. The molecule has 0 aliphatic heterocycles. The third-order valence-electron chi connectivity index (χ3n) is 4.23. The number of carbonyl (C=O) groups excluding carboxylic acids is 2. The van der Waals surface area contributed by atoms with Crippen LogP contribution in [0.4, 0.5) is 5.13 Å². The van der Waals surface area contributed by atoms with Crippen molar-refractivity contribution in [1.29, 1.82) is 0 Å². The van der Waals surface area contributed by atoms with Gasteiger partial charge in [-0.2, -0.15) is 0 Å². The molecule has 31 heavy (non-hydrogen) atoms. The minimum Gasteiger partial charge on any atom is -0.426 e. The minimum atomic E-state index is -3.93. The summed E-state index contributed by atoms with van der Waals surface area (Å²) in [5.41, 5.74) is 0.00761. The van der Waals surface area contributed by atoms with Gasteiger partial charge in [-0.05, 0) is 52.0 Å². The second kappa shape index (κ2) is 8.60. The molecule has 0 unspecified atom stereocenters. The predicted octanol–water partition coefficient (Wildman–Crippen LogP) is 4.43. The number of esters is 1. The molecule has 2 aromatic carbocycles. The Morgan fingerprint density at radius 3 is 2.19 bits per heavy atom.